The van der Waals surface area contributed by atoms with Crippen molar-refractivity contribution < 1.29 is 24.0 Å². The van der Waals surface area contributed by atoms with E-state index in [0.29, 0.717) is 12.3 Å². The van der Waals surface area contributed by atoms with Gasteiger partial charge >= 0.3 is 5.97 Å². The van der Waals surface area contributed by atoms with Gasteiger partial charge in [0.1, 0.15) is 6.04 Å². The van der Waals surface area contributed by atoms with Crippen LogP contribution in [0.4, 0.5) is 0 Å². The van der Waals surface area contributed by atoms with Gasteiger partial charge in [-0.3, -0.25) is 25.1 Å². The summed E-state index contributed by atoms with van der Waals surface area (Å²) >= 11 is 0. The third kappa shape index (κ3) is 6.13. The first-order chi connectivity index (χ1) is 15.3. The largest absolute Gasteiger partial charge is 0.480 e. The maximum absolute atomic E-state index is 13.3. The van der Waals surface area contributed by atoms with Crippen LogP contribution in [0.25, 0.3) is 0 Å². The first kappa shape index (κ1) is 23.4. The van der Waals surface area contributed by atoms with Crippen LogP contribution in [0, 0.1) is 11.3 Å². The van der Waals surface area contributed by atoms with E-state index in [1.165, 1.54) is 11.3 Å². The van der Waals surface area contributed by atoms with Crippen molar-refractivity contribution in [2.24, 2.45) is 11.7 Å². The van der Waals surface area contributed by atoms with Gasteiger partial charge < -0.3 is 25.6 Å². The molecule has 0 spiro atoms. The lowest BCUT2D eigenvalue weighted by molar-refractivity contribution is -0.140. The van der Waals surface area contributed by atoms with E-state index in [0.717, 1.165) is 25.7 Å². The number of rotatable bonds is 10. The number of carboxylic acid groups (broad SMARTS) is 1. The summed E-state index contributed by atoms with van der Waals surface area (Å²) in [6.07, 6.45) is 9.37. The van der Waals surface area contributed by atoms with Gasteiger partial charge in [-0.1, -0.05) is 49.4 Å². The fraction of sp³-hybridized carbons (Fsp3) is 0.600. The van der Waals surface area contributed by atoms with Crippen LogP contribution < -0.4 is 16.4 Å². The summed E-state index contributed by atoms with van der Waals surface area (Å²) in [5.41, 5.74) is 5.29. The Morgan fingerprint density at radius 1 is 1.31 bits per heavy atom. The lowest BCUT2D eigenvalue weighted by Crippen LogP contribution is -2.53. The molecule has 0 radical (unpaired) electrons. The van der Waals surface area contributed by atoms with E-state index >= 15 is 0 Å². The molecule has 6 N–H and O–H groups in total. The second-order valence-corrected chi connectivity index (χ2v) is 8.07. The van der Waals surface area contributed by atoms with Crippen LogP contribution in [-0.2, 0) is 20.9 Å². The number of amides is 2. The van der Waals surface area contributed by atoms with E-state index < -0.39 is 24.0 Å². The molecule has 1 aromatic rings. The fourth-order valence-electron chi connectivity index (χ4n) is 4.12. The molecule has 1 saturated carbocycles. The molecule has 3 rings (SSSR count). The third-order valence-corrected chi connectivity index (χ3v) is 5.72. The zero-order valence-electron chi connectivity index (χ0n) is 17.7. The molecule has 174 valence electrons. The minimum atomic E-state index is -1.04. The molecule has 1 aliphatic heterocycles. The van der Waals surface area contributed by atoms with Gasteiger partial charge in [-0.05, 0) is 12.3 Å². The Hall–Kier alpha value is -3.28. The molecule has 32 heavy (non-hydrogen) atoms. The molecule has 0 saturated heterocycles. The number of carbonyl (C=O) groups excluding carboxylic acids is 2. The molecule has 1 aromatic heterocycles. The van der Waals surface area contributed by atoms with Crippen molar-refractivity contribution in [3.63, 3.8) is 0 Å². The molecule has 2 amide bonds. The van der Waals surface area contributed by atoms with Crippen LogP contribution in [0.3, 0.4) is 0 Å². The van der Waals surface area contributed by atoms with Gasteiger partial charge in [-0.15, -0.1) is 0 Å². The maximum Gasteiger partial charge on any atom is 0.317 e. The fourth-order valence-corrected chi connectivity index (χ4v) is 4.12. The highest BCUT2D eigenvalue weighted by atomic mass is 16.5. The number of amidine groups is 1. The number of hydrogen-bond donors (Lipinski definition) is 5. The van der Waals surface area contributed by atoms with Crippen LogP contribution in [-0.4, -0.2) is 68.9 Å². The SMILES string of the molecule is N=C(N)c1noc(CNC(=O)[C@@H]2C=CCN2C(=O)[C@@H](CC2CCCCC2)NCC(=O)O)n1. The minimum Gasteiger partial charge on any atom is -0.480 e. The van der Waals surface area contributed by atoms with Gasteiger partial charge in [0.15, 0.2) is 5.84 Å². The number of carboxylic acids is 1. The summed E-state index contributed by atoms with van der Waals surface area (Å²) in [4.78, 5) is 42.4. The lowest BCUT2D eigenvalue weighted by atomic mass is 9.84. The smallest absolute Gasteiger partial charge is 0.317 e. The molecule has 2 aliphatic rings. The summed E-state index contributed by atoms with van der Waals surface area (Å²) in [6, 6.07) is -1.49. The van der Waals surface area contributed by atoms with Crippen LogP contribution in [0.2, 0.25) is 0 Å². The molecule has 1 aliphatic carbocycles. The molecule has 0 unspecified atom stereocenters. The predicted molar refractivity (Wildman–Crippen MR) is 112 cm³/mol. The second kappa shape index (κ2) is 10.8. The zero-order valence-corrected chi connectivity index (χ0v) is 17.7. The Labute approximate surface area is 185 Å². The van der Waals surface area contributed by atoms with Crippen molar-refractivity contribution in [2.45, 2.75) is 57.2 Å². The number of aromatic nitrogens is 2. The Morgan fingerprint density at radius 2 is 2.06 bits per heavy atom. The Kier molecular flexibility index (Phi) is 7.92. The van der Waals surface area contributed by atoms with E-state index in [2.05, 4.69) is 20.8 Å². The average molecular weight is 447 g/mol. The first-order valence-electron chi connectivity index (χ1n) is 10.7. The molecular weight excluding hydrogens is 418 g/mol. The second-order valence-electron chi connectivity index (χ2n) is 8.07. The van der Waals surface area contributed by atoms with Gasteiger partial charge in [0.25, 0.3) is 0 Å². The van der Waals surface area contributed by atoms with Gasteiger partial charge in [0, 0.05) is 6.54 Å². The van der Waals surface area contributed by atoms with Crippen LogP contribution >= 0.6 is 0 Å². The monoisotopic (exact) mass is 447 g/mol. The topological polar surface area (TPSA) is 188 Å². The van der Waals surface area contributed by atoms with E-state index in [1.54, 1.807) is 12.2 Å². The van der Waals surface area contributed by atoms with Gasteiger partial charge in [0.05, 0.1) is 19.1 Å². The van der Waals surface area contributed by atoms with E-state index in [1.807, 2.05) is 0 Å². The summed E-state index contributed by atoms with van der Waals surface area (Å²) in [5.74, 6) is -1.73. The normalized spacial score (nSPS) is 19.6. The van der Waals surface area contributed by atoms with Gasteiger partial charge in [-0.2, -0.15) is 4.98 Å². The predicted octanol–water partition coefficient (Wildman–Crippen LogP) is -0.250. The number of nitrogens with zero attached hydrogens (tertiary/aromatic N) is 3. The van der Waals surface area contributed by atoms with Crippen molar-refractivity contribution in [3.8, 4) is 0 Å². The highest BCUT2D eigenvalue weighted by molar-refractivity contribution is 5.92. The summed E-state index contributed by atoms with van der Waals surface area (Å²) in [7, 11) is 0. The molecule has 12 heteroatoms. The third-order valence-electron chi connectivity index (χ3n) is 5.72. The van der Waals surface area contributed by atoms with Crippen molar-refractivity contribution in [2.75, 3.05) is 13.1 Å². The summed E-state index contributed by atoms with van der Waals surface area (Å²) < 4.78 is 4.93. The molecule has 2 atom stereocenters. The quantitative estimate of drug-likeness (QED) is 0.183. The number of aliphatic carboxylic acids is 1. The number of nitrogens with two attached hydrogens (primary N) is 1. The number of nitrogen functional groups attached to an aromatic ring is 1. The maximum atomic E-state index is 13.3. The Bertz CT molecular complexity index is 877. The van der Waals surface area contributed by atoms with E-state index in [4.69, 9.17) is 20.8 Å². The van der Waals surface area contributed by atoms with Crippen molar-refractivity contribution in [1.82, 2.24) is 25.7 Å². The van der Waals surface area contributed by atoms with Crippen LogP contribution in [0.5, 0.6) is 0 Å². The summed E-state index contributed by atoms with van der Waals surface area (Å²) in [5, 5.41) is 25.4. The molecule has 0 bridgehead atoms. The molecular formula is C20H29N7O5. The highest BCUT2D eigenvalue weighted by Crippen LogP contribution is 2.28. The highest BCUT2D eigenvalue weighted by Gasteiger charge is 2.35. The Morgan fingerprint density at radius 3 is 2.72 bits per heavy atom. The number of hydrogen-bond acceptors (Lipinski definition) is 8. The van der Waals surface area contributed by atoms with E-state index in [9.17, 15) is 14.4 Å². The average Bonchev–Trinajstić information content (AvgIpc) is 3.45. The molecule has 2 heterocycles. The van der Waals surface area contributed by atoms with Crippen molar-refractivity contribution in [3.05, 3.63) is 23.9 Å². The van der Waals surface area contributed by atoms with Crippen LogP contribution in [0.15, 0.2) is 16.7 Å². The zero-order chi connectivity index (χ0) is 23.1. The lowest BCUT2D eigenvalue weighted by Gasteiger charge is -2.31. The molecule has 1 fully saturated rings. The van der Waals surface area contributed by atoms with Crippen molar-refractivity contribution in [1.29, 1.82) is 5.41 Å². The standard InChI is InChI=1S/C20H29N7O5/c21-17(22)18-25-15(32-26-18)10-24-19(30)14-7-4-8-27(14)20(31)13(23-11-16(28)29)9-12-5-2-1-3-6-12/h4,7,12-14,23H,1-3,5-6,8-11H2,(H3,21,22)(H,24,30)(H,28,29)/t13-,14+/m1/s1. The number of nitrogens with one attached hydrogen (secondary N) is 3. The molecule has 0 aromatic carbocycles. The first-order valence-corrected chi connectivity index (χ1v) is 10.7. The van der Waals surface area contributed by atoms with Crippen LogP contribution in [0.1, 0.15) is 50.2 Å². The molecule has 12 nitrogen and oxygen atoms in total. The van der Waals surface area contributed by atoms with Gasteiger partial charge in [0.2, 0.25) is 23.5 Å². The van der Waals surface area contributed by atoms with Gasteiger partial charge in [-0.25, -0.2) is 0 Å². The Balaban J connectivity index is 1.61. The van der Waals surface area contributed by atoms with Crippen molar-refractivity contribution >= 4 is 23.6 Å². The minimum absolute atomic E-state index is 0.0677. The summed E-state index contributed by atoms with van der Waals surface area (Å²) in [6.45, 7) is -0.132. The van der Waals surface area contributed by atoms with E-state index in [-0.39, 0.29) is 43.1 Å². The number of carbonyl (C=O) groups is 3.